The van der Waals surface area contributed by atoms with Gasteiger partial charge in [0.2, 0.25) is 0 Å². The minimum absolute atomic E-state index is 0.0434. The fourth-order valence-corrected chi connectivity index (χ4v) is 3.98. The number of nitrogens with one attached hydrogen (secondary N) is 2. The molecule has 0 aliphatic heterocycles. The van der Waals surface area contributed by atoms with Gasteiger partial charge in [-0.2, -0.15) is 0 Å². The van der Waals surface area contributed by atoms with Crippen LogP contribution in [0.5, 0.6) is 0 Å². The SMILES string of the molecule is CCOC(=O)NN(C(=O)OCC)C1CCCC(N(NC(=O)OCC)c2ccc3ccccc3n2)C1=O. The van der Waals surface area contributed by atoms with E-state index in [-0.39, 0.29) is 26.2 Å². The number of carbonyl (C=O) groups is 4. The molecular weight excluding hydrogens is 470 g/mol. The van der Waals surface area contributed by atoms with Gasteiger partial charge in [-0.05, 0) is 58.2 Å². The van der Waals surface area contributed by atoms with Crippen LogP contribution in [0, 0.1) is 0 Å². The molecule has 2 atom stereocenters. The first-order chi connectivity index (χ1) is 17.4. The highest BCUT2D eigenvalue weighted by Gasteiger charge is 2.42. The third kappa shape index (κ3) is 6.32. The number of benzene rings is 1. The minimum Gasteiger partial charge on any atom is -0.449 e. The Morgan fingerprint density at radius 2 is 1.53 bits per heavy atom. The molecule has 2 aromatic rings. The fraction of sp³-hybridized carbons (Fsp3) is 0.458. The summed E-state index contributed by atoms with van der Waals surface area (Å²) in [5.41, 5.74) is 5.60. The van der Waals surface area contributed by atoms with E-state index in [9.17, 15) is 19.2 Å². The number of hydrazine groups is 2. The number of hydrogen-bond acceptors (Lipinski definition) is 9. The summed E-state index contributed by atoms with van der Waals surface area (Å²) in [4.78, 5) is 55.5. The molecule has 2 N–H and O–H groups in total. The lowest BCUT2D eigenvalue weighted by atomic mass is 9.88. The second kappa shape index (κ2) is 12.6. The van der Waals surface area contributed by atoms with Crippen molar-refractivity contribution < 1.29 is 33.4 Å². The molecule has 1 aliphatic rings. The van der Waals surface area contributed by atoms with Crippen molar-refractivity contribution in [2.75, 3.05) is 24.8 Å². The van der Waals surface area contributed by atoms with E-state index in [0.717, 1.165) is 10.4 Å². The number of para-hydroxylation sites is 1. The van der Waals surface area contributed by atoms with Crippen LogP contribution in [0.2, 0.25) is 0 Å². The summed E-state index contributed by atoms with van der Waals surface area (Å²) in [6, 6.07) is 8.99. The quantitative estimate of drug-likeness (QED) is 0.432. The number of aromatic nitrogens is 1. The van der Waals surface area contributed by atoms with Crippen LogP contribution in [0.1, 0.15) is 40.0 Å². The van der Waals surface area contributed by atoms with Gasteiger partial charge in [0.05, 0.1) is 25.3 Å². The summed E-state index contributed by atoms with van der Waals surface area (Å²) in [5, 5.41) is 3.09. The molecule has 1 aromatic heterocycles. The highest BCUT2D eigenvalue weighted by molar-refractivity contribution is 5.95. The molecule has 1 fully saturated rings. The Labute approximate surface area is 208 Å². The first-order valence-electron chi connectivity index (χ1n) is 11.9. The molecule has 194 valence electrons. The summed E-state index contributed by atoms with van der Waals surface area (Å²) >= 11 is 0. The molecule has 0 bridgehead atoms. The molecule has 1 aromatic carbocycles. The third-order valence-electron chi connectivity index (χ3n) is 5.50. The van der Waals surface area contributed by atoms with Gasteiger partial charge in [-0.15, -0.1) is 0 Å². The zero-order valence-corrected chi connectivity index (χ0v) is 20.6. The van der Waals surface area contributed by atoms with E-state index in [1.807, 2.05) is 30.3 Å². The van der Waals surface area contributed by atoms with Crippen molar-refractivity contribution in [2.45, 2.75) is 52.1 Å². The lowest BCUT2D eigenvalue weighted by Gasteiger charge is -2.39. The molecule has 2 unspecified atom stereocenters. The minimum atomic E-state index is -1.06. The number of anilines is 1. The predicted molar refractivity (Wildman–Crippen MR) is 130 cm³/mol. The summed E-state index contributed by atoms with van der Waals surface area (Å²) in [6.07, 6.45) is -1.38. The van der Waals surface area contributed by atoms with E-state index in [4.69, 9.17) is 14.2 Å². The molecule has 12 nitrogen and oxygen atoms in total. The van der Waals surface area contributed by atoms with E-state index >= 15 is 0 Å². The summed E-state index contributed by atoms with van der Waals surface area (Å²) in [7, 11) is 0. The second-order valence-corrected chi connectivity index (χ2v) is 7.83. The zero-order chi connectivity index (χ0) is 26.1. The maximum atomic E-state index is 13.7. The van der Waals surface area contributed by atoms with Gasteiger partial charge < -0.3 is 14.2 Å². The first-order valence-corrected chi connectivity index (χ1v) is 11.9. The standard InChI is InChI=1S/C24H31N5O7/c1-4-34-22(31)26-28(20-15-14-16-10-7-8-11-17(16)25-20)18-12-9-13-19(21(18)30)29(24(33)36-6-3)27-23(32)35-5-2/h7-8,10-11,14-15,18-19H,4-6,9,12-13H2,1-3H3,(H,26,31)(H,27,32). The van der Waals surface area contributed by atoms with Crippen molar-refractivity contribution in [2.24, 2.45) is 0 Å². The van der Waals surface area contributed by atoms with Crippen molar-refractivity contribution in [1.29, 1.82) is 0 Å². The Morgan fingerprint density at radius 1 is 0.889 bits per heavy atom. The number of rotatable bonds is 7. The topological polar surface area (TPSA) is 139 Å². The van der Waals surface area contributed by atoms with Crippen LogP contribution < -0.4 is 15.9 Å². The zero-order valence-electron chi connectivity index (χ0n) is 20.6. The van der Waals surface area contributed by atoms with Gasteiger partial charge in [0, 0.05) is 5.39 Å². The largest absolute Gasteiger partial charge is 0.449 e. The van der Waals surface area contributed by atoms with Gasteiger partial charge in [-0.25, -0.2) is 35.2 Å². The number of fused-ring (bicyclic) bond motifs is 1. The van der Waals surface area contributed by atoms with Gasteiger partial charge >= 0.3 is 18.3 Å². The fourth-order valence-electron chi connectivity index (χ4n) is 3.98. The average molecular weight is 502 g/mol. The van der Waals surface area contributed by atoms with Gasteiger partial charge in [0.25, 0.3) is 0 Å². The molecular formula is C24H31N5O7. The van der Waals surface area contributed by atoms with E-state index in [1.54, 1.807) is 26.8 Å². The van der Waals surface area contributed by atoms with Crippen molar-refractivity contribution in [1.82, 2.24) is 20.8 Å². The van der Waals surface area contributed by atoms with E-state index in [0.29, 0.717) is 24.2 Å². The van der Waals surface area contributed by atoms with Crippen molar-refractivity contribution in [3.05, 3.63) is 36.4 Å². The smallest absolute Gasteiger partial charge is 0.429 e. The molecule has 1 aliphatic carbocycles. The van der Waals surface area contributed by atoms with Crippen molar-refractivity contribution in [3.8, 4) is 0 Å². The molecule has 0 saturated heterocycles. The number of hydrogen-bond donors (Lipinski definition) is 2. The first kappa shape index (κ1) is 26.5. The number of amides is 3. The number of ether oxygens (including phenoxy) is 3. The highest BCUT2D eigenvalue weighted by atomic mass is 16.6. The van der Waals surface area contributed by atoms with Gasteiger partial charge in [0.15, 0.2) is 5.78 Å². The molecule has 0 radical (unpaired) electrons. The van der Waals surface area contributed by atoms with E-state index < -0.39 is 36.1 Å². The van der Waals surface area contributed by atoms with E-state index in [1.165, 1.54) is 5.01 Å². The Balaban J connectivity index is 1.95. The Bertz CT molecular complexity index is 1100. The van der Waals surface area contributed by atoms with Crippen molar-refractivity contribution in [3.63, 3.8) is 0 Å². The Hall–Kier alpha value is -4.09. The number of pyridine rings is 1. The summed E-state index contributed by atoms with van der Waals surface area (Å²) < 4.78 is 15.0. The summed E-state index contributed by atoms with van der Waals surface area (Å²) in [6.45, 7) is 5.15. The summed E-state index contributed by atoms with van der Waals surface area (Å²) in [5.74, 6) is -0.0975. The molecule has 3 amide bonds. The maximum absolute atomic E-state index is 13.7. The monoisotopic (exact) mass is 501 g/mol. The predicted octanol–water partition coefficient (Wildman–Crippen LogP) is 3.31. The van der Waals surface area contributed by atoms with Crippen LogP contribution >= 0.6 is 0 Å². The molecule has 3 rings (SSSR count). The van der Waals surface area contributed by atoms with Gasteiger partial charge in [0.1, 0.15) is 17.9 Å². The van der Waals surface area contributed by atoms with Crippen molar-refractivity contribution >= 4 is 40.8 Å². The average Bonchev–Trinajstić information content (AvgIpc) is 2.86. The van der Waals surface area contributed by atoms with Crippen LogP contribution in [0.4, 0.5) is 20.2 Å². The van der Waals surface area contributed by atoms with Gasteiger partial charge in [-0.1, -0.05) is 18.2 Å². The van der Waals surface area contributed by atoms with E-state index in [2.05, 4.69) is 15.8 Å². The molecule has 1 saturated carbocycles. The van der Waals surface area contributed by atoms with Crippen LogP contribution in [-0.2, 0) is 19.0 Å². The van der Waals surface area contributed by atoms with Gasteiger partial charge in [-0.3, -0.25) is 9.80 Å². The van der Waals surface area contributed by atoms with Crippen LogP contribution in [-0.4, -0.2) is 66.0 Å². The Morgan fingerprint density at radius 3 is 2.22 bits per heavy atom. The molecule has 1 heterocycles. The number of carbonyl (C=O) groups excluding carboxylic acids is 4. The highest BCUT2D eigenvalue weighted by Crippen LogP contribution is 2.27. The normalized spacial score (nSPS) is 17.1. The Kier molecular flexibility index (Phi) is 9.25. The number of nitrogens with zero attached hydrogens (tertiary/aromatic N) is 3. The molecule has 36 heavy (non-hydrogen) atoms. The second-order valence-electron chi connectivity index (χ2n) is 7.83. The van der Waals surface area contributed by atoms with Crippen LogP contribution in [0.25, 0.3) is 10.9 Å². The maximum Gasteiger partial charge on any atom is 0.429 e. The lowest BCUT2D eigenvalue weighted by molar-refractivity contribution is -0.128. The number of Topliss-reactive ketones (excluding diaryl/α,β-unsaturated/α-hetero) is 1. The van der Waals surface area contributed by atoms with Crippen LogP contribution in [0.15, 0.2) is 36.4 Å². The lowest BCUT2D eigenvalue weighted by Crippen LogP contribution is -2.63. The van der Waals surface area contributed by atoms with Crippen LogP contribution in [0.3, 0.4) is 0 Å². The number of ketones is 1. The molecule has 12 heteroatoms. The molecule has 0 spiro atoms. The third-order valence-corrected chi connectivity index (χ3v) is 5.50.